The van der Waals surface area contributed by atoms with E-state index in [0.29, 0.717) is 11.8 Å². The molecule has 3 heterocycles. The highest BCUT2D eigenvalue weighted by Gasteiger charge is 2.30. The number of hydrogen-bond donors (Lipinski definition) is 1. The molecule has 0 radical (unpaired) electrons. The van der Waals surface area contributed by atoms with Crippen molar-refractivity contribution in [2.24, 2.45) is 5.92 Å². The summed E-state index contributed by atoms with van der Waals surface area (Å²) in [5.41, 5.74) is 2.26. The molecule has 1 aromatic rings. The number of rotatable bonds is 1. The standard InChI is InChI=1S/C13H16N2O/c1-2-9-4-12-11-3-10(6-14-7-11)8-15(12)13(16)5-9/h2,4-5,10-11,14H,1,3,6-8H2. The molecule has 2 aliphatic heterocycles. The van der Waals surface area contributed by atoms with E-state index in [1.54, 1.807) is 12.1 Å². The molecule has 1 saturated heterocycles. The maximum atomic E-state index is 12.0. The summed E-state index contributed by atoms with van der Waals surface area (Å²) in [4.78, 5) is 12.0. The summed E-state index contributed by atoms with van der Waals surface area (Å²) >= 11 is 0. The van der Waals surface area contributed by atoms with E-state index in [4.69, 9.17) is 0 Å². The van der Waals surface area contributed by atoms with Crippen molar-refractivity contribution in [3.05, 3.63) is 40.3 Å². The van der Waals surface area contributed by atoms with E-state index in [1.165, 1.54) is 12.1 Å². The number of nitrogens with zero attached hydrogens (tertiary/aromatic N) is 1. The van der Waals surface area contributed by atoms with Crippen LogP contribution in [0.3, 0.4) is 0 Å². The van der Waals surface area contributed by atoms with Crippen molar-refractivity contribution in [3.8, 4) is 0 Å². The van der Waals surface area contributed by atoms with Gasteiger partial charge in [-0.25, -0.2) is 0 Å². The Morgan fingerprint density at radius 1 is 1.44 bits per heavy atom. The van der Waals surface area contributed by atoms with Gasteiger partial charge < -0.3 is 9.88 Å². The second-order valence-electron chi connectivity index (χ2n) is 4.82. The fourth-order valence-corrected chi connectivity index (χ4v) is 2.94. The third-order valence-electron chi connectivity index (χ3n) is 3.72. The van der Waals surface area contributed by atoms with Gasteiger partial charge >= 0.3 is 0 Å². The first-order valence-corrected chi connectivity index (χ1v) is 5.86. The first kappa shape index (κ1) is 9.85. The summed E-state index contributed by atoms with van der Waals surface area (Å²) in [6.45, 7) is 6.65. The molecule has 0 amide bonds. The number of piperidine rings is 1. The number of hydrogen-bond acceptors (Lipinski definition) is 2. The highest BCUT2D eigenvalue weighted by atomic mass is 16.1. The molecular formula is C13H16N2O. The highest BCUT2D eigenvalue weighted by Crippen LogP contribution is 2.31. The van der Waals surface area contributed by atoms with Crippen LogP contribution in [0.2, 0.25) is 0 Å². The lowest BCUT2D eigenvalue weighted by atomic mass is 9.84. The van der Waals surface area contributed by atoms with Crippen molar-refractivity contribution in [1.29, 1.82) is 0 Å². The van der Waals surface area contributed by atoms with E-state index in [0.717, 1.165) is 25.2 Å². The Kier molecular flexibility index (Phi) is 2.21. The first-order chi connectivity index (χ1) is 7.78. The van der Waals surface area contributed by atoms with Gasteiger partial charge in [-0.3, -0.25) is 4.79 Å². The predicted molar refractivity (Wildman–Crippen MR) is 64.5 cm³/mol. The average molecular weight is 216 g/mol. The molecule has 84 valence electrons. The summed E-state index contributed by atoms with van der Waals surface area (Å²) in [6, 6.07) is 3.80. The monoisotopic (exact) mass is 216 g/mol. The Hall–Kier alpha value is -1.35. The summed E-state index contributed by atoms with van der Waals surface area (Å²) in [5, 5.41) is 3.44. The second kappa shape index (κ2) is 3.59. The van der Waals surface area contributed by atoms with Gasteiger partial charge in [-0.1, -0.05) is 12.7 Å². The third kappa shape index (κ3) is 1.43. The van der Waals surface area contributed by atoms with Crippen molar-refractivity contribution < 1.29 is 0 Å². The molecule has 0 spiro atoms. The van der Waals surface area contributed by atoms with E-state index in [1.807, 2.05) is 4.57 Å². The first-order valence-electron chi connectivity index (χ1n) is 5.86. The van der Waals surface area contributed by atoms with Gasteiger partial charge in [0.2, 0.25) is 0 Å². The van der Waals surface area contributed by atoms with Gasteiger partial charge in [0.15, 0.2) is 0 Å². The highest BCUT2D eigenvalue weighted by molar-refractivity contribution is 5.47. The molecular weight excluding hydrogens is 200 g/mol. The quantitative estimate of drug-likeness (QED) is 0.765. The minimum absolute atomic E-state index is 0.129. The van der Waals surface area contributed by atoms with Crippen LogP contribution in [0.25, 0.3) is 6.08 Å². The van der Waals surface area contributed by atoms with Crippen LogP contribution in [0.1, 0.15) is 23.6 Å². The van der Waals surface area contributed by atoms with Gasteiger partial charge in [-0.05, 0) is 30.5 Å². The van der Waals surface area contributed by atoms with Crippen LogP contribution in [0.15, 0.2) is 23.5 Å². The molecule has 1 aromatic heterocycles. The Labute approximate surface area is 94.8 Å². The van der Waals surface area contributed by atoms with Gasteiger partial charge in [-0.2, -0.15) is 0 Å². The fourth-order valence-electron chi connectivity index (χ4n) is 2.94. The topological polar surface area (TPSA) is 34.0 Å². The number of fused-ring (bicyclic) bond motifs is 4. The lowest BCUT2D eigenvalue weighted by Gasteiger charge is -2.37. The van der Waals surface area contributed by atoms with Crippen LogP contribution in [0.4, 0.5) is 0 Å². The molecule has 3 rings (SSSR count). The van der Waals surface area contributed by atoms with E-state index in [2.05, 4.69) is 18.0 Å². The maximum absolute atomic E-state index is 12.0. The number of nitrogens with one attached hydrogen (secondary N) is 1. The molecule has 1 fully saturated rings. The number of aromatic nitrogens is 1. The Bertz CT molecular complexity index is 489. The SMILES string of the molecule is C=Cc1cc2n(c(=O)c1)CC1CNCC2C1. The Morgan fingerprint density at radius 3 is 3.12 bits per heavy atom. The van der Waals surface area contributed by atoms with Crippen molar-refractivity contribution in [1.82, 2.24) is 9.88 Å². The van der Waals surface area contributed by atoms with E-state index >= 15 is 0 Å². The molecule has 3 heteroatoms. The normalized spacial score (nSPS) is 27.2. The molecule has 0 aliphatic carbocycles. The summed E-state index contributed by atoms with van der Waals surface area (Å²) in [5.74, 6) is 1.12. The molecule has 2 unspecified atom stereocenters. The largest absolute Gasteiger partial charge is 0.316 e. The van der Waals surface area contributed by atoms with Gasteiger partial charge in [0.25, 0.3) is 5.56 Å². The molecule has 16 heavy (non-hydrogen) atoms. The van der Waals surface area contributed by atoms with Gasteiger partial charge in [0, 0.05) is 30.8 Å². The van der Waals surface area contributed by atoms with Crippen molar-refractivity contribution >= 4 is 6.08 Å². The molecule has 2 bridgehead atoms. The Balaban J connectivity index is 2.16. The van der Waals surface area contributed by atoms with Crippen LogP contribution >= 0.6 is 0 Å². The van der Waals surface area contributed by atoms with Gasteiger partial charge in [0.1, 0.15) is 0 Å². The molecule has 3 nitrogen and oxygen atoms in total. The van der Waals surface area contributed by atoms with Gasteiger partial charge in [-0.15, -0.1) is 0 Å². The second-order valence-corrected chi connectivity index (χ2v) is 4.82. The zero-order valence-electron chi connectivity index (χ0n) is 9.28. The minimum atomic E-state index is 0.129. The maximum Gasteiger partial charge on any atom is 0.251 e. The average Bonchev–Trinajstić information content (AvgIpc) is 2.31. The minimum Gasteiger partial charge on any atom is -0.316 e. The van der Waals surface area contributed by atoms with Crippen molar-refractivity contribution in [2.45, 2.75) is 18.9 Å². The lowest BCUT2D eigenvalue weighted by Crippen LogP contribution is -2.44. The summed E-state index contributed by atoms with van der Waals surface area (Å²) in [7, 11) is 0. The summed E-state index contributed by atoms with van der Waals surface area (Å²) < 4.78 is 1.95. The number of pyridine rings is 1. The predicted octanol–water partition coefficient (Wildman–Crippen LogP) is 1.20. The van der Waals surface area contributed by atoms with Crippen LogP contribution in [0.5, 0.6) is 0 Å². The van der Waals surface area contributed by atoms with E-state index < -0.39 is 0 Å². The van der Waals surface area contributed by atoms with Crippen molar-refractivity contribution in [3.63, 3.8) is 0 Å². The third-order valence-corrected chi connectivity index (χ3v) is 3.72. The van der Waals surface area contributed by atoms with E-state index in [-0.39, 0.29) is 5.56 Å². The zero-order chi connectivity index (χ0) is 11.1. The van der Waals surface area contributed by atoms with Crippen LogP contribution in [-0.2, 0) is 6.54 Å². The zero-order valence-corrected chi connectivity index (χ0v) is 9.28. The van der Waals surface area contributed by atoms with Crippen molar-refractivity contribution in [2.75, 3.05) is 13.1 Å². The molecule has 0 saturated carbocycles. The Morgan fingerprint density at radius 2 is 2.31 bits per heavy atom. The van der Waals surface area contributed by atoms with Gasteiger partial charge in [0.05, 0.1) is 0 Å². The lowest BCUT2D eigenvalue weighted by molar-refractivity contribution is 0.257. The fraction of sp³-hybridized carbons (Fsp3) is 0.462. The van der Waals surface area contributed by atoms with E-state index in [9.17, 15) is 4.79 Å². The van der Waals surface area contributed by atoms with Crippen LogP contribution < -0.4 is 10.9 Å². The molecule has 2 atom stereocenters. The molecule has 0 aromatic carbocycles. The van der Waals surface area contributed by atoms with Crippen LogP contribution in [-0.4, -0.2) is 17.7 Å². The molecule has 2 aliphatic rings. The summed E-state index contributed by atoms with van der Waals surface area (Å²) in [6.07, 6.45) is 2.97. The molecule has 1 N–H and O–H groups in total. The smallest absolute Gasteiger partial charge is 0.251 e. The van der Waals surface area contributed by atoms with Crippen LogP contribution in [0, 0.1) is 5.92 Å².